The van der Waals surface area contributed by atoms with Gasteiger partial charge in [0.2, 0.25) is 0 Å². The highest BCUT2D eigenvalue weighted by Crippen LogP contribution is 2.22. The van der Waals surface area contributed by atoms with E-state index in [9.17, 15) is 5.11 Å². The Morgan fingerprint density at radius 3 is 2.63 bits per heavy atom. The van der Waals surface area contributed by atoms with Crippen LogP contribution in [0.2, 0.25) is 0 Å². The van der Waals surface area contributed by atoms with E-state index in [4.69, 9.17) is 0 Å². The van der Waals surface area contributed by atoms with E-state index in [1.807, 2.05) is 0 Å². The minimum Gasteiger partial charge on any atom is -0.396 e. The summed E-state index contributed by atoms with van der Waals surface area (Å²) in [6, 6.07) is 9.27. The topological polar surface area (TPSA) is 35.5 Å². The minimum atomic E-state index is 0.254. The highest BCUT2D eigenvalue weighted by molar-refractivity contribution is 5.49. The van der Waals surface area contributed by atoms with Gasteiger partial charge in [0, 0.05) is 31.4 Å². The average Bonchev–Trinajstić information content (AvgIpc) is 2.61. The Kier molecular flexibility index (Phi) is 5.23. The van der Waals surface area contributed by atoms with Crippen LogP contribution >= 0.6 is 0 Å². The van der Waals surface area contributed by atoms with Crippen LogP contribution in [-0.2, 0) is 6.42 Å². The number of benzene rings is 1. The summed E-state index contributed by atoms with van der Waals surface area (Å²) in [6.45, 7) is 7.79. The van der Waals surface area contributed by atoms with E-state index in [1.54, 1.807) is 0 Å². The van der Waals surface area contributed by atoms with Crippen molar-refractivity contribution in [3.63, 3.8) is 0 Å². The first kappa shape index (κ1) is 14.4. The van der Waals surface area contributed by atoms with Crippen LogP contribution in [0, 0.1) is 5.92 Å². The number of aryl methyl sites for hydroxylation is 1. The fraction of sp³-hybridized carbons (Fsp3) is 0.625. The molecule has 0 radical (unpaired) electrons. The fourth-order valence-corrected chi connectivity index (χ4v) is 2.80. The van der Waals surface area contributed by atoms with Gasteiger partial charge in [0.25, 0.3) is 0 Å². The van der Waals surface area contributed by atoms with Crippen LogP contribution < -0.4 is 10.2 Å². The van der Waals surface area contributed by atoms with E-state index in [2.05, 4.69) is 48.3 Å². The summed E-state index contributed by atoms with van der Waals surface area (Å²) in [6.07, 6.45) is 1.91. The normalized spacial score (nSPS) is 24.3. The van der Waals surface area contributed by atoms with Gasteiger partial charge >= 0.3 is 0 Å². The lowest BCUT2D eigenvalue weighted by molar-refractivity contribution is 0.272. The molecule has 0 spiro atoms. The van der Waals surface area contributed by atoms with E-state index < -0.39 is 0 Å². The van der Waals surface area contributed by atoms with Gasteiger partial charge in [-0.2, -0.15) is 0 Å². The summed E-state index contributed by atoms with van der Waals surface area (Å²) in [4.78, 5) is 2.46. The average molecular weight is 262 g/mol. The van der Waals surface area contributed by atoms with E-state index in [0.29, 0.717) is 12.0 Å². The Bertz CT molecular complexity index is 377. The summed E-state index contributed by atoms with van der Waals surface area (Å²) in [5.41, 5.74) is 2.66. The van der Waals surface area contributed by atoms with Crippen molar-refractivity contribution in [3.8, 4) is 0 Å². The second-order valence-corrected chi connectivity index (χ2v) is 5.60. The number of aliphatic hydroxyl groups is 1. The van der Waals surface area contributed by atoms with Gasteiger partial charge in [-0.05, 0) is 43.0 Å². The van der Waals surface area contributed by atoms with Gasteiger partial charge in [0.15, 0.2) is 0 Å². The van der Waals surface area contributed by atoms with E-state index in [1.165, 1.54) is 11.3 Å². The summed E-state index contributed by atoms with van der Waals surface area (Å²) < 4.78 is 0. The molecule has 0 aromatic heterocycles. The standard InChI is InChI=1S/C16H26N2O/c1-3-14-4-6-15(7-5-14)18-12-13(2)10-17-11-16(18)8-9-19/h4-7,13,16-17,19H,3,8-12H2,1-2H3. The van der Waals surface area contributed by atoms with Gasteiger partial charge < -0.3 is 15.3 Å². The zero-order chi connectivity index (χ0) is 13.7. The highest BCUT2D eigenvalue weighted by atomic mass is 16.3. The van der Waals surface area contributed by atoms with Gasteiger partial charge in [-0.1, -0.05) is 26.0 Å². The lowest BCUT2D eigenvalue weighted by atomic mass is 10.1. The van der Waals surface area contributed by atoms with Crippen molar-refractivity contribution in [1.29, 1.82) is 0 Å². The third-order valence-electron chi connectivity index (χ3n) is 3.96. The van der Waals surface area contributed by atoms with Gasteiger partial charge in [0.1, 0.15) is 0 Å². The summed E-state index contributed by atoms with van der Waals surface area (Å²) in [7, 11) is 0. The fourth-order valence-electron chi connectivity index (χ4n) is 2.80. The number of hydrogen-bond acceptors (Lipinski definition) is 3. The molecule has 2 N–H and O–H groups in total. The van der Waals surface area contributed by atoms with Crippen LogP contribution in [0.15, 0.2) is 24.3 Å². The maximum Gasteiger partial charge on any atom is 0.0451 e. The summed E-state index contributed by atoms with van der Waals surface area (Å²) >= 11 is 0. The van der Waals surface area contributed by atoms with E-state index in [0.717, 1.165) is 32.5 Å². The molecule has 2 rings (SSSR count). The highest BCUT2D eigenvalue weighted by Gasteiger charge is 2.23. The van der Waals surface area contributed by atoms with Crippen molar-refractivity contribution < 1.29 is 5.11 Å². The molecule has 1 aromatic rings. The zero-order valence-electron chi connectivity index (χ0n) is 12.1. The van der Waals surface area contributed by atoms with Crippen LogP contribution in [0.4, 0.5) is 5.69 Å². The molecule has 0 amide bonds. The summed E-state index contributed by atoms with van der Waals surface area (Å²) in [5, 5.41) is 12.8. The van der Waals surface area contributed by atoms with Gasteiger partial charge in [-0.25, -0.2) is 0 Å². The predicted octanol–water partition coefficient (Wildman–Crippen LogP) is 2.05. The van der Waals surface area contributed by atoms with Crippen molar-refractivity contribution in [1.82, 2.24) is 5.32 Å². The second-order valence-electron chi connectivity index (χ2n) is 5.60. The SMILES string of the molecule is CCc1ccc(N2CC(C)CNCC2CCO)cc1. The monoisotopic (exact) mass is 262 g/mol. The number of hydrogen-bond donors (Lipinski definition) is 2. The van der Waals surface area contributed by atoms with Gasteiger partial charge in [0.05, 0.1) is 0 Å². The molecule has 1 heterocycles. The molecule has 0 aliphatic carbocycles. The molecule has 1 saturated heterocycles. The molecule has 1 aliphatic rings. The van der Waals surface area contributed by atoms with E-state index in [-0.39, 0.29) is 6.61 Å². The quantitative estimate of drug-likeness (QED) is 0.872. The number of rotatable bonds is 4. The lowest BCUT2D eigenvalue weighted by Gasteiger charge is -2.32. The molecule has 3 heteroatoms. The molecule has 19 heavy (non-hydrogen) atoms. The smallest absolute Gasteiger partial charge is 0.0451 e. The number of aliphatic hydroxyl groups excluding tert-OH is 1. The number of nitrogens with zero attached hydrogens (tertiary/aromatic N) is 1. The molecule has 1 fully saturated rings. The first-order valence-corrected chi connectivity index (χ1v) is 7.41. The Labute approximate surface area is 116 Å². The Morgan fingerprint density at radius 1 is 1.26 bits per heavy atom. The Morgan fingerprint density at radius 2 is 2.00 bits per heavy atom. The number of nitrogens with one attached hydrogen (secondary N) is 1. The van der Waals surface area contributed by atoms with Crippen LogP contribution in [0.25, 0.3) is 0 Å². The van der Waals surface area contributed by atoms with Crippen LogP contribution in [0.5, 0.6) is 0 Å². The third kappa shape index (κ3) is 3.71. The molecular formula is C16H26N2O. The lowest BCUT2D eigenvalue weighted by Crippen LogP contribution is -2.41. The van der Waals surface area contributed by atoms with Gasteiger partial charge in [-0.3, -0.25) is 0 Å². The predicted molar refractivity (Wildman–Crippen MR) is 80.7 cm³/mol. The van der Waals surface area contributed by atoms with Crippen molar-refractivity contribution >= 4 is 5.69 Å². The molecular weight excluding hydrogens is 236 g/mol. The van der Waals surface area contributed by atoms with Crippen molar-refractivity contribution in [2.45, 2.75) is 32.7 Å². The van der Waals surface area contributed by atoms with Crippen LogP contribution in [0.1, 0.15) is 25.8 Å². The molecule has 2 unspecified atom stereocenters. The van der Waals surface area contributed by atoms with Crippen molar-refractivity contribution in [2.75, 3.05) is 31.1 Å². The molecule has 106 valence electrons. The first-order valence-electron chi connectivity index (χ1n) is 7.41. The summed E-state index contributed by atoms with van der Waals surface area (Å²) in [5.74, 6) is 0.634. The largest absolute Gasteiger partial charge is 0.396 e. The van der Waals surface area contributed by atoms with Crippen LogP contribution in [-0.4, -0.2) is 37.4 Å². The minimum absolute atomic E-state index is 0.254. The first-order chi connectivity index (χ1) is 9.24. The molecule has 2 atom stereocenters. The van der Waals surface area contributed by atoms with E-state index >= 15 is 0 Å². The molecule has 0 saturated carbocycles. The number of anilines is 1. The van der Waals surface area contributed by atoms with Gasteiger partial charge in [-0.15, -0.1) is 0 Å². The molecule has 1 aromatic carbocycles. The Balaban J connectivity index is 2.19. The van der Waals surface area contributed by atoms with Crippen LogP contribution in [0.3, 0.4) is 0 Å². The maximum absolute atomic E-state index is 9.27. The maximum atomic E-state index is 9.27. The molecule has 3 nitrogen and oxygen atoms in total. The zero-order valence-corrected chi connectivity index (χ0v) is 12.1. The van der Waals surface area contributed by atoms with Crippen molar-refractivity contribution in [2.24, 2.45) is 5.92 Å². The molecule has 1 aliphatic heterocycles. The second kappa shape index (κ2) is 6.92. The Hall–Kier alpha value is -1.06. The molecule has 0 bridgehead atoms. The van der Waals surface area contributed by atoms with Crippen molar-refractivity contribution in [3.05, 3.63) is 29.8 Å². The third-order valence-corrected chi connectivity index (χ3v) is 3.96.